The number of allylic oxidation sites excluding steroid dienone is 1. The lowest BCUT2D eigenvalue weighted by Crippen LogP contribution is -2.70. The molecule has 3 atom stereocenters. The number of amides is 3. The number of carbonyl (C=O) groups is 4. The number of β-lactam (4-membered cyclic amide) rings is 1. The highest BCUT2D eigenvalue weighted by molar-refractivity contribution is 8.00. The molecule has 0 aromatic heterocycles. The number of hydrogen-bond acceptors (Lipinski definition) is 8. The molecule has 0 radical (unpaired) electrons. The Hall–Kier alpha value is -2.96. The van der Waals surface area contributed by atoms with E-state index in [1.165, 1.54) is 28.4 Å². The van der Waals surface area contributed by atoms with Gasteiger partial charge in [-0.3, -0.25) is 19.3 Å². The highest BCUT2D eigenvalue weighted by Crippen LogP contribution is 2.41. The standard InChI is InChI=1S/C24H26N4O6S2/c29-18(13-35-17-4-2-1-3-5-17)26-19-21(31)28-22(34-24(32)33)15(12-36-23(19)28)10-14-7-9-27(20(14)30)16-6-8-25-11-16/h1-5,10,16,19,23,25H,6-9,11-13H2,(H,26,29)(H,32,33)/b14-10+/t16-,19-,23-/m1/s1. The molecule has 4 heterocycles. The molecule has 3 fully saturated rings. The molecule has 3 saturated heterocycles. The van der Waals surface area contributed by atoms with Crippen molar-refractivity contribution in [1.29, 1.82) is 0 Å². The number of nitrogens with zero attached hydrogens (tertiary/aromatic N) is 2. The van der Waals surface area contributed by atoms with Gasteiger partial charge in [0, 0.05) is 40.9 Å². The highest BCUT2D eigenvalue weighted by Gasteiger charge is 2.54. The van der Waals surface area contributed by atoms with Crippen molar-refractivity contribution in [2.45, 2.75) is 35.2 Å². The first-order valence-electron chi connectivity index (χ1n) is 11.7. The van der Waals surface area contributed by atoms with Crippen molar-refractivity contribution in [3.05, 3.63) is 53.4 Å². The Morgan fingerprint density at radius 3 is 2.81 bits per heavy atom. The Labute approximate surface area is 216 Å². The van der Waals surface area contributed by atoms with Gasteiger partial charge in [-0.15, -0.1) is 23.5 Å². The average Bonchev–Trinajstić information content (AvgIpc) is 3.52. The lowest BCUT2D eigenvalue weighted by Gasteiger charge is -2.48. The second-order valence-corrected chi connectivity index (χ2v) is 11.0. The molecule has 1 aromatic carbocycles. The summed E-state index contributed by atoms with van der Waals surface area (Å²) in [4.78, 5) is 53.9. The fraction of sp³-hybridized carbons (Fsp3) is 0.417. The molecule has 190 valence electrons. The van der Waals surface area contributed by atoms with Gasteiger partial charge in [0.05, 0.1) is 5.75 Å². The molecule has 36 heavy (non-hydrogen) atoms. The summed E-state index contributed by atoms with van der Waals surface area (Å²) in [6, 6.07) is 8.88. The van der Waals surface area contributed by atoms with Crippen molar-refractivity contribution in [1.82, 2.24) is 20.4 Å². The van der Waals surface area contributed by atoms with E-state index in [9.17, 15) is 24.3 Å². The molecule has 1 aromatic rings. The predicted molar refractivity (Wildman–Crippen MR) is 134 cm³/mol. The molecule has 0 aliphatic carbocycles. The quantitative estimate of drug-likeness (QED) is 0.208. The molecule has 10 nitrogen and oxygen atoms in total. The molecule has 3 amide bonds. The monoisotopic (exact) mass is 530 g/mol. The third-order valence-electron chi connectivity index (χ3n) is 6.54. The van der Waals surface area contributed by atoms with E-state index in [-0.39, 0.29) is 29.5 Å². The Balaban J connectivity index is 1.27. The van der Waals surface area contributed by atoms with E-state index in [2.05, 4.69) is 10.6 Å². The van der Waals surface area contributed by atoms with E-state index in [0.717, 1.165) is 24.4 Å². The van der Waals surface area contributed by atoms with Crippen LogP contribution in [0.5, 0.6) is 0 Å². The van der Waals surface area contributed by atoms with Gasteiger partial charge in [0.2, 0.25) is 17.7 Å². The molecule has 0 spiro atoms. The van der Waals surface area contributed by atoms with Gasteiger partial charge in [-0.05, 0) is 37.6 Å². The molecular formula is C24H26N4O6S2. The first-order chi connectivity index (χ1) is 17.4. The van der Waals surface area contributed by atoms with E-state index < -0.39 is 23.5 Å². The zero-order valence-electron chi connectivity index (χ0n) is 19.3. The van der Waals surface area contributed by atoms with Crippen LogP contribution in [-0.4, -0.2) is 87.4 Å². The molecule has 0 saturated carbocycles. The maximum atomic E-state index is 13.0. The van der Waals surface area contributed by atoms with Crippen LogP contribution in [0.3, 0.4) is 0 Å². The Morgan fingerprint density at radius 1 is 1.28 bits per heavy atom. The number of hydrogen-bond donors (Lipinski definition) is 3. The molecule has 4 aliphatic heterocycles. The van der Waals surface area contributed by atoms with Gasteiger partial charge < -0.3 is 25.4 Å². The van der Waals surface area contributed by atoms with E-state index >= 15 is 0 Å². The van der Waals surface area contributed by atoms with Crippen molar-refractivity contribution in [3.63, 3.8) is 0 Å². The summed E-state index contributed by atoms with van der Waals surface area (Å²) in [6.45, 7) is 2.27. The normalized spacial score (nSPS) is 26.8. The lowest BCUT2D eigenvalue weighted by atomic mass is 10.0. The average molecular weight is 531 g/mol. The second-order valence-electron chi connectivity index (χ2n) is 8.82. The number of likely N-dealkylation sites (tertiary alicyclic amines) is 1. The van der Waals surface area contributed by atoms with Crippen LogP contribution in [0.4, 0.5) is 4.79 Å². The first kappa shape index (κ1) is 24.7. The van der Waals surface area contributed by atoms with Crippen LogP contribution in [0.15, 0.2) is 58.3 Å². The summed E-state index contributed by atoms with van der Waals surface area (Å²) in [6.07, 6.45) is 1.59. The van der Waals surface area contributed by atoms with Crippen molar-refractivity contribution in [2.24, 2.45) is 0 Å². The fourth-order valence-electron chi connectivity index (χ4n) is 4.79. The molecule has 12 heteroatoms. The number of carboxylic acid groups (broad SMARTS) is 1. The van der Waals surface area contributed by atoms with Crippen LogP contribution < -0.4 is 10.6 Å². The number of benzene rings is 1. The number of carbonyl (C=O) groups excluding carboxylic acids is 3. The van der Waals surface area contributed by atoms with Crippen LogP contribution in [0.25, 0.3) is 0 Å². The molecule has 0 unspecified atom stereocenters. The Bertz CT molecular complexity index is 1130. The lowest BCUT2D eigenvalue weighted by molar-refractivity contribution is -0.148. The Kier molecular flexibility index (Phi) is 7.26. The van der Waals surface area contributed by atoms with Gasteiger partial charge in [0.15, 0.2) is 0 Å². The summed E-state index contributed by atoms with van der Waals surface area (Å²) < 4.78 is 5.03. The van der Waals surface area contributed by atoms with Gasteiger partial charge in [0.1, 0.15) is 11.4 Å². The minimum absolute atomic E-state index is 0.0611. The second kappa shape index (κ2) is 10.6. The van der Waals surface area contributed by atoms with Gasteiger partial charge in [-0.25, -0.2) is 4.79 Å². The fourth-order valence-corrected chi connectivity index (χ4v) is 6.80. The van der Waals surface area contributed by atoms with Crippen LogP contribution in [-0.2, 0) is 19.1 Å². The van der Waals surface area contributed by atoms with Crippen LogP contribution in [0.1, 0.15) is 12.8 Å². The van der Waals surface area contributed by atoms with Crippen molar-refractivity contribution < 1.29 is 29.0 Å². The van der Waals surface area contributed by atoms with Crippen molar-refractivity contribution in [2.75, 3.05) is 31.1 Å². The number of fused-ring (bicyclic) bond motifs is 1. The SMILES string of the molecule is O=C(CSc1ccccc1)N[C@@H]1C(=O)N2C(OC(=O)O)=C(/C=C3\CCN([C@@H]4CCNC4)C3=O)CS[C@H]12. The number of nitrogens with one attached hydrogen (secondary N) is 2. The van der Waals surface area contributed by atoms with E-state index in [1.54, 1.807) is 6.08 Å². The maximum absolute atomic E-state index is 13.0. The summed E-state index contributed by atoms with van der Waals surface area (Å²) >= 11 is 2.77. The van der Waals surface area contributed by atoms with Crippen LogP contribution in [0, 0.1) is 0 Å². The Morgan fingerprint density at radius 2 is 2.08 bits per heavy atom. The molecule has 5 rings (SSSR count). The maximum Gasteiger partial charge on any atom is 0.512 e. The van der Waals surface area contributed by atoms with Crippen molar-refractivity contribution >= 4 is 47.4 Å². The highest BCUT2D eigenvalue weighted by atomic mass is 32.2. The minimum atomic E-state index is -1.54. The summed E-state index contributed by atoms with van der Waals surface area (Å²) in [5, 5.41) is 14.9. The van der Waals surface area contributed by atoms with Crippen LogP contribution >= 0.6 is 23.5 Å². The molecule has 3 N–H and O–H groups in total. The number of ether oxygens (including phenoxy) is 1. The smallest absolute Gasteiger partial charge is 0.449 e. The molecule has 0 bridgehead atoms. The first-order valence-corrected chi connectivity index (χ1v) is 13.7. The number of rotatable bonds is 7. The van der Waals surface area contributed by atoms with Crippen molar-refractivity contribution in [3.8, 4) is 0 Å². The largest absolute Gasteiger partial charge is 0.512 e. The molecule has 4 aliphatic rings. The van der Waals surface area contributed by atoms with Gasteiger partial charge >= 0.3 is 6.16 Å². The topological polar surface area (TPSA) is 128 Å². The summed E-state index contributed by atoms with van der Waals surface area (Å²) in [5.74, 6) is -0.349. The minimum Gasteiger partial charge on any atom is -0.449 e. The predicted octanol–water partition coefficient (Wildman–Crippen LogP) is 1.61. The molecular weight excluding hydrogens is 504 g/mol. The van der Waals surface area contributed by atoms with Gasteiger partial charge in [-0.1, -0.05) is 18.2 Å². The van der Waals surface area contributed by atoms with Gasteiger partial charge in [-0.2, -0.15) is 0 Å². The van der Waals surface area contributed by atoms with E-state index in [0.29, 0.717) is 29.9 Å². The van der Waals surface area contributed by atoms with E-state index in [4.69, 9.17) is 4.74 Å². The third-order valence-corrected chi connectivity index (χ3v) is 8.86. The zero-order valence-corrected chi connectivity index (χ0v) is 21.0. The summed E-state index contributed by atoms with van der Waals surface area (Å²) in [5.41, 5.74) is 1.06. The van der Waals surface area contributed by atoms with E-state index in [1.807, 2.05) is 35.2 Å². The van der Waals surface area contributed by atoms with Gasteiger partial charge in [0.25, 0.3) is 5.91 Å². The third kappa shape index (κ3) is 4.97. The van der Waals surface area contributed by atoms with Crippen LogP contribution in [0.2, 0.25) is 0 Å². The summed E-state index contributed by atoms with van der Waals surface area (Å²) in [7, 11) is 0. The number of thioether (sulfide) groups is 2. The zero-order chi connectivity index (χ0) is 25.2.